The first-order chi connectivity index (χ1) is 7.33. The maximum absolute atomic E-state index is 10.8. The van der Waals surface area contributed by atoms with Crippen molar-refractivity contribution in [3.8, 4) is 6.07 Å². The summed E-state index contributed by atoms with van der Waals surface area (Å²) in [5.74, 6) is -0.491. The minimum absolute atomic E-state index is 0.195. The Labute approximate surface area is 88.6 Å². The number of ether oxygens (including phenoxy) is 1. The summed E-state index contributed by atoms with van der Waals surface area (Å²) >= 11 is 0. The fourth-order valence-electron chi connectivity index (χ4n) is 1.00. The number of rotatable bonds is 4. The van der Waals surface area contributed by atoms with Gasteiger partial charge in [0, 0.05) is 0 Å². The Morgan fingerprint density at radius 3 is 2.80 bits per heavy atom. The molecule has 0 unspecified atom stereocenters. The van der Waals surface area contributed by atoms with Gasteiger partial charge in [-0.2, -0.15) is 5.26 Å². The van der Waals surface area contributed by atoms with E-state index in [1.54, 1.807) is 12.1 Å². The van der Waals surface area contributed by atoms with E-state index in [0.29, 0.717) is 0 Å². The van der Waals surface area contributed by atoms with Gasteiger partial charge in [-0.25, -0.2) is 0 Å². The highest BCUT2D eigenvalue weighted by Crippen LogP contribution is 2.00. The predicted octanol–water partition coefficient (Wildman–Crippen LogP) is 2.16. The van der Waals surface area contributed by atoms with E-state index in [-0.39, 0.29) is 13.0 Å². The molecule has 3 heteroatoms. The molecule has 3 nitrogen and oxygen atoms in total. The van der Waals surface area contributed by atoms with E-state index >= 15 is 0 Å². The Kier molecular flexibility index (Phi) is 4.68. The fourth-order valence-corrected chi connectivity index (χ4v) is 1.00. The summed E-state index contributed by atoms with van der Waals surface area (Å²) in [5.41, 5.74) is 1.05. The number of carbonyl (C=O) groups is 1. The standard InChI is InChI=1S/C12H11NO2/c13-9-8-12(14)15-10-4-7-11-5-2-1-3-6-11/h1-7H,8,10H2. The van der Waals surface area contributed by atoms with Crippen LogP contribution in [0.2, 0.25) is 0 Å². The summed E-state index contributed by atoms with van der Waals surface area (Å²) in [5, 5.41) is 8.20. The van der Waals surface area contributed by atoms with Gasteiger partial charge in [0.1, 0.15) is 13.0 Å². The minimum Gasteiger partial charge on any atom is -0.461 e. The molecule has 0 aromatic heterocycles. The Bertz CT molecular complexity index is 376. The van der Waals surface area contributed by atoms with Gasteiger partial charge in [-0.1, -0.05) is 36.4 Å². The molecule has 0 aliphatic carbocycles. The average Bonchev–Trinajstić information content (AvgIpc) is 2.26. The molecule has 0 aliphatic heterocycles. The van der Waals surface area contributed by atoms with E-state index in [1.807, 2.05) is 36.4 Å². The molecule has 0 fully saturated rings. The smallest absolute Gasteiger partial charge is 0.320 e. The molecule has 1 aromatic rings. The second-order valence-corrected chi connectivity index (χ2v) is 2.83. The molecular weight excluding hydrogens is 190 g/mol. The molecule has 0 N–H and O–H groups in total. The highest BCUT2D eigenvalue weighted by atomic mass is 16.5. The topological polar surface area (TPSA) is 50.1 Å². The zero-order valence-electron chi connectivity index (χ0n) is 8.22. The van der Waals surface area contributed by atoms with Gasteiger partial charge < -0.3 is 4.74 Å². The van der Waals surface area contributed by atoms with Gasteiger partial charge in [-0.05, 0) is 11.6 Å². The van der Waals surface area contributed by atoms with Gasteiger partial charge in [-0.15, -0.1) is 0 Å². The van der Waals surface area contributed by atoms with E-state index in [0.717, 1.165) is 5.56 Å². The lowest BCUT2D eigenvalue weighted by Gasteiger charge is -1.96. The molecule has 0 saturated carbocycles. The zero-order valence-corrected chi connectivity index (χ0v) is 8.22. The van der Waals surface area contributed by atoms with Crippen molar-refractivity contribution < 1.29 is 9.53 Å². The average molecular weight is 201 g/mol. The second kappa shape index (κ2) is 6.39. The van der Waals surface area contributed by atoms with E-state index in [4.69, 9.17) is 10.00 Å². The lowest BCUT2D eigenvalue weighted by Crippen LogP contribution is -2.02. The van der Waals surface area contributed by atoms with Crippen molar-refractivity contribution in [2.24, 2.45) is 0 Å². The van der Waals surface area contributed by atoms with Crippen LogP contribution in [-0.4, -0.2) is 12.6 Å². The van der Waals surface area contributed by atoms with Crippen LogP contribution in [0.15, 0.2) is 36.4 Å². The maximum Gasteiger partial charge on any atom is 0.320 e. The normalized spacial score (nSPS) is 9.80. The molecule has 0 heterocycles. The molecule has 0 radical (unpaired) electrons. The van der Waals surface area contributed by atoms with Crippen LogP contribution in [0.3, 0.4) is 0 Å². The van der Waals surface area contributed by atoms with Gasteiger partial charge in [0.25, 0.3) is 0 Å². The van der Waals surface area contributed by atoms with E-state index in [2.05, 4.69) is 0 Å². The Morgan fingerprint density at radius 1 is 1.40 bits per heavy atom. The van der Waals surface area contributed by atoms with E-state index in [9.17, 15) is 4.79 Å². The van der Waals surface area contributed by atoms with E-state index in [1.165, 1.54) is 0 Å². The fraction of sp³-hybridized carbons (Fsp3) is 0.167. The first-order valence-corrected chi connectivity index (χ1v) is 4.57. The monoisotopic (exact) mass is 201 g/mol. The first kappa shape index (κ1) is 11.0. The van der Waals surface area contributed by atoms with Crippen molar-refractivity contribution in [1.82, 2.24) is 0 Å². The maximum atomic E-state index is 10.8. The van der Waals surface area contributed by atoms with Gasteiger partial charge in [0.2, 0.25) is 0 Å². The molecule has 15 heavy (non-hydrogen) atoms. The summed E-state index contributed by atoms with van der Waals surface area (Å²) in [6.07, 6.45) is 3.41. The third-order valence-corrected chi connectivity index (χ3v) is 1.67. The second-order valence-electron chi connectivity index (χ2n) is 2.83. The molecule has 0 atom stereocenters. The number of esters is 1. The summed E-state index contributed by atoms with van der Waals surface area (Å²) in [4.78, 5) is 10.8. The van der Waals surface area contributed by atoms with Crippen molar-refractivity contribution in [2.75, 3.05) is 6.61 Å². The lowest BCUT2D eigenvalue weighted by molar-refractivity contribution is -0.141. The van der Waals surface area contributed by atoms with Crippen LogP contribution >= 0.6 is 0 Å². The van der Waals surface area contributed by atoms with Crippen LogP contribution in [0.4, 0.5) is 0 Å². The van der Waals surface area contributed by atoms with Gasteiger partial charge in [0.15, 0.2) is 0 Å². The molecule has 0 amide bonds. The Balaban J connectivity index is 2.29. The van der Waals surface area contributed by atoms with Crippen LogP contribution in [-0.2, 0) is 9.53 Å². The van der Waals surface area contributed by atoms with Gasteiger partial charge in [-0.3, -0.25) is 4.79 Å². The Morgan fingerprint density at radius 2 is 2.13 bits per heavy atom. The first-order valence-electron chi connectivity index (χ1n) is 4.57. The summed E-state index contributed by atoms with van der Waals surface area (Å²) < 4.78 is 4.76. The molecule has 0 bridgehead atoms. The Hall–Kier alpha value is -2.08. The molecule has 0 saturated heterocycles. The van der Waals surface area contributed by atoms with Crippen molar-refractivity contribution in [3.05, 3.63) is 42.0 Å². The number of benzene rings is 1. The molecular formula is C12H11NO2. The van der Waals surface area contributed by atoms with Crippen molar-refractivity contribution in [3.63, 3.8) is 0 Å². The molecule has 1 aromatic carbocycles. The molecule has 76 valence electrons. The highest BCUT2D eigenvalue weighted by molar-refractivity contribution is 5.71. The van der Waals surface area contributed by atoms with Gasteiger partial charge in [0.05, 0.1) is 6.07 Å². The highest BCUT2D eigenvalue weighted by Gasteiger charge is 1.97. The number of hydrogen-bond donors (Lipinski definition) is 0. The van der Waals surface area contributed by atoms with Crippen LogP contribution in [0.5, 0.6) is 0 Å². The number of carbonyl (C=O) groups excluding carboxylic acids is 1. The quantitative estimate of drug-likeness (QED) is 0.701. The number of nitrogens with zero attached hydrogens (tertiary/aromatic N) is 1. The largest absolute Gasteiger partial charge is 0.461 e. The van der Waals surface area contributed by atoms with Crippen LogP contribution in [0, 0.1) is 11.3 Å². The summed E-state index contributed by atoms with van der Waals surface area (Å²) in [6.45, 7) is 0.204. The summed E-state index contributed by atoms with van der Waals surface area (Å²) in [7, 11) is 0. The van der Waals surface area contributed by atoms with Crippen LogP contribution in [0.25, 0.3) is 6.08 Å². The third-order valence-electron chi connectivity index (χ3n) is 1.67. The SMILES string of the molecule is N#CCC(=O)OCC=Cc1ccccc1. The van der Waals surface area contributed by atoms with Crippen molar-refractivity contribution in [2.45, 2.75) is 6.42 Å². The zero-order chi connectivity index (χ0) is 10.9. The molecule has 0 aliphatic rings. The van der Waals surface area contributed by atoms with Gasteiger partial charge >= 0.3 is 5.97 Å². The van der Waals surface area contributed by atoms with Crippen LogP contribution in [0.1, 0.15) is 12.0 Å². The molecule has 0 spiro atoms. The van der Waals surface area contributed by atoms with Crippen LogP contribution < -0.4 is 0 Å². The van der Waals surface area contributed by atoms with Crippen molar-refractivity contribution in [1.29, 1.82) is 5.26 Å². The number of nitriles is 1. The predicted molar refractivity (Wildman–Crippen MR) is 56.7 cm³/mol. The van der Waals surface area contributed by atoms with E-state index < -0.39 is 5.97 Å². The molecule has 1 rings (SSSR count). The van der Waals surface area contributed by atoms with Crippen molar-refractivity contribution >= 4 is 12.0 Å². The summed E-state index contributed by atoms with van der Waals surface area (Å²) in [6, 6.07) is 11.4. The number of hydrogen-bond acceptors (Lipinski definition) is 3. The third kappa shape index (κ3) is 4.63. The lowest BCUT2D eigenvalue weighted by atomic mass is 10.2. The minimum atomic E-state index is -0.491.